The number of carbonyl (C=O) groups is 1. The molecule has 0 aliphatic carbocycles. The first-order valence-corrected chi connectivity index (χ1v) is 7.54. The average molecular weight is 342 g/mol. The number of amides is 1. The van der Waals surface area contributed by atoms with Crippen LogP contribution in [0.2, 0.25) is 0 Å². The van der Waals surface area contributed by atoms with Crippen LogP contribution in [-0.2, 0) is 11.3 Å². The van der Waals surface area contributed by atoms with Gasteiger partial charge in [-0.05, 0) is 53.2 Å². The van der Waals surface area contributed by atoms with Crippen LogP contribution < -0.4 is 0 Å². The molecule has 0 radical (unpaired) electrons. The highest BCUT2D eigenvalue weighted by Gasteiger charge is 2.30. The molecule has 1 amide bonds. The minimum atomic E-state index is -0.492. The Labute approximate surface area is 130 Å². The Bertz CT molecular complexity index is 472. The first-order valence-electron chi connectivity index (χ1n) is 6.75. The molecule has 0 unspecified atom stereocenters. The van der Waals surface area contributed by atoms with Gasteiger partial charge in [0.2, 0.25) is 0 Å². The van der Waals surface area contributed by atoms with E-state index in [0.29, 0.717) is 6.54 Å². The minimum absolute atomic E-state index is 0.291. The third kappa shape index (κ3) is 5.16. The summed E-state index contributed by atoms with van der Waals surface area (Å²) in [4.78, 5) is 14.2. The van der Waals surface area contributed by atoms with Gasteiger partial charge in [-0.25, -0.2) is 4.79 Å². The lowest BCUT2D eigenvalue weighted by Crippen LogP contribution is -2.47. The summed E-state index contributed by atoms with van der Waals surface area (Å²) >= 11 is 3.52. The fraction of sp³-hybridized carbons (Fsp3) is 0.562. The first-order chi connectivity index (χ1) is 9.00. The number of benzene rings is 1. The van der Waals surface area contributed by atoms with Crippen LogP contribution in [0.4, 0.5) is 4.79 Å². The van der Waals surface area contributed by atoms with Crippen LogP contribution in [-0.4, -0.2) is 22.1 Å². The molecule has 0 saturated heterocycles. The van der Waals surface area contributed by atoms with Crippen molar-refractivity contribution in [1.29, 1.82) is 0 Å². The fourth-order valence-electron chi connectivity index (χ4n) is 1.69. The molecule has 1 aromatic carbocycles. The van der Waals surface area contributed by atoms with E-state index in [9.17, 15) is 4.79 Å². The molecule has 0 N–H and O–H groups in total. The molecule has 1 rings (SSSR count). The standard InChI is InChI=1S/C16H24BrNO2/c1-15(2,3)18(14(19)20-16(4,5)6)11-12-9-7-8-10-13(12)17/h7-10H,11H2,1-6H3. The first kappa shape index (κ1) is 17.0. The molecule has 3 nitrogen and oxygen atoms in total. The van der Waals surface area contributed by atoms with Gasteiger partial charge in [-0.15, -0.1) is 0 Å². The number of hydrogen-bond acceptors (Lipinski definition) is 2. The van der Waals surface area contributed by atoms with E-state index in [2.05, 4.69) is 15.9 Å². The Morgan fingerprint density at radius 2 is 1.70 bits per heavy atom. The third-order valence-electron chi connectivity index (χ3n) is 2.71. The van der Waals surface area contributed by atoms with Crippen LogP contribution in [0.15, 0.2) is 28.7 Å². The van der Waals surface area contributed by atoms with Crippen molar-refractivity contribution in [1.82, 2.24) is 4.90 Å². The summed E-state index contributed by atoms with van der Waals surface area (Å²) in [5.74, 6) is 0. The van der Waals surface area contributed by atoms with E-state index in [1.54, 1.807) is 4.90 Å². The third-order valence-corrected chi connectivity index (χ3v) is 3.48. The molecule has 0 atom stereocenters. The number of rotatable bonds is 2. The number of halogens is 1. The molecule has 4 heteroatoms. The van der Waals surface area contributed by atoms with Crippen molar-refractivity contribution < 1.29 is 9.53 Å². The van der Waals surface area contributed by atoms with Gasteiger partial charge in [0, 0.05) is 10.0 Å². The summed E-state index contributed by atoms with van der Waals surface area (Å²) in [5, 5.41) is 0. The van der Waals surface area contributed by atoms with Crippen LogP contribution in [0.3, 0.4) is 0 Å². The molecule has 1 aromatic rings. The van der Waals surface area contributed by atoms with E-state index in [1.165, 1.54) is 0 Å². The minimum Gasteiger partial charge on any atom is -0.444 e. The lowest BCUT2D eigenvalue weighted by atomic mass is 10.1. The molecule has 0 saturated carbocycles. The molecular formula is C16H24BrNO2. The Hall–Kier alpha value is -1.03. The lowest BCUT2D eigenvalue weighted by molar-refractivity contribution is 0.00366. The molecule has 0 heterocycles. The van der Waals surface area contributed by atoms with Crippen molar-refractivity contribution in [3.63, 3.8) is 0 Å². The van der Waals surface area contributed by atoms with Gasteiger partial charge in [0.1, 0.15) is 5.60 Å². The van der Waals surface area contributed by atoms with Crippen molar-refractivity contribution in [3.05, 3.63) is 34.3 Å². The second-order valence-electron chi connectivity index (χ2n) is 6.83. The van der Waals surface area contributed by atoms with Crippen LogP contribution in [0.25, 0.3) is 0 Å². The average Bonchev–Trinajstić information content (AvgIpc) is 2.23. The van der Waals surface area contributed by atoms with Crippen molar-refractivity contribution >= 4 is 22.0 Å². The molecule has 112 valence electrons. The molecule has 0 aliphatic rings. The number of nitrogens with zero attached hydrogens (tertiary/aromatic N) is 1. The van der Waals surface area contributed by atoms with E-state index >= 15 is 0 Å². The molecule has 0 bridgehead atoms. The van der Waals surface area contributed by atoms with Crippen molar-refractivity contribution in [2.24, 2.45) is 0 Å². The quantitative estimate of drug-likeness (QED) is 0.758. The maximum atomic E-state index is 12.4. The Morgan fingerprint density at radius 3 is 2.15 bits per heavy atom. The lowest BCUT2D eigenvalue weighted by Gasteiger charge is -2.37. The van der Waals surface area contributed by atoms with Crippen LogP contribution >= 0.6 is 15.9 Å². The van der Waals surface area contributed by atoms with E-state index in [1.807, 2.05) is 65.8 Å². The fourth-order valence-corrected chi connectivity index (χ4v) is 2.10. The summed E-state index contributed by atoms with van der Waals surface area (Å²) < 4.78 is 6.51. The summed E-state index contributed by atoms with van der Waals surface area (Å²) in [5.41, 5.74) is 0.264. The van der Waals surface area contributed by atoms with Gasteiger partial charge >= 0.3 is 6.09 Å². The zero-order chi connectivity index (χ0) is 15.6. The molecule has 20 heavy (non-hydrogen) atoms. The van der Waals surface area contributed by atoms with Gasteiger partial charge in [0.25, 0.3) is 0 Å². The molecule has 0 spiro atoms. The van der Waals surface area contributed by atoms with E-state index < -0.39 is 5.60 Å². The topological polar surface area (TPSA) is 29.5 Å². The van der Waals surface area contributed by atoms with Gasteiger partial charge in [0.15, 0.2) is 0 Å². The van der Waals surface area contributed by atoms with Crippen LogP contribution in [0.5, 0.6) is 0 Å². The molecular weight excluding hydrogens is 318 g/mol. The highest BCUT2D eigenvalue weighted by Crippen LogP contribution is 2.24. The Balaban J connectivity index is 2.98. The zero-order valence-electron chi connectivity index (χ0n) is 13.2. The van der Waals surface area contributed by atoms with Crippen LogP contribution in [0, 0.1) is 0 Å². The van der Waals surface area contributed by atoms with E-state index in [-0.39, 0.29) is 11.6 Å². The summed E-state index contributed by atoms with van der Waals surface area (Å²) in [6.45, 7) is 12.2. The predicted molar refractivity (Wildman–Crippen MR) is 85.7 cm³/mol. The van der Waals surface area contributed by atoms with Gasteiger partial charge in [0.05, 0.1) is 6.54 Å². The summed E-state index contributed by atoms with van der Waals surface area (Å²) in [6.07, 6.45) is -0.291. The zero-order valence-corrected chi connectivity index (χ0v) is 14.7. The number of hydrogen-bond donors (Lipinski definition) is 0. The van der Waals surface area contributed by atoms with Crippen molar-refractivity contribution in [2.45, 2.75) is 59.2 Å². The smallest absolute Gasteiger partial charge is 0.411 e. The van der Waals surface area contributed by atoms with E-state index in [0.717, 1.165) is 10.0 Å². The van der Waals surface area contributed by atoms with Gasteiger partial charge in [-0.3, -0.25) is 4.90 Å². The van der Waals surface area contributed by atoms with Crippen molar-refractivity contribution in [3.8, 4) is 0 Å². The molecule has 0 aromatic heterocycles. The van der Waals surface area contributed by atoms with Crippen LogP contribution in [0.1, 0.15) is 47.1 Å². The van der Waals surface area contributed by atoms with Gasteiger partial charge < -0.3 is 4.74 Å². The normalized spacial score (nSPS) is 12.2. The maximum Gasteiger partial charge on any atom is 0.411 e. The largest absolute Gasteiger partial charge is 0.444 e. The summed E-state index contributed by atoms with van der Waals surface area (Å²) in [6, 6.07) is 7.91. The second-order valence-corrected chi connectivity index (χ2v) is 7.68. The maximum absolute atomic E-state index is 12.4. The van der Waals surface area contributed by atoms with E-state index in [4.69, 9.17) is 4.74 Å². The number of ether oxygens (including phenoxy) is 1. The van der Waals surface area contributed by atoms with Crippen molar-refractivity contribution in [2.75, 3.05) is 0 Å². The Kier molecular flexibility index (Phi) is 5.25. The number of carbonyl (C=O) groups excluding carboxylic acids is 1. The SMILES string of the molecule is CC(C)(C)OC(=O)N(Cc1ccccc1Br)C(C)(C)C. The highest BCUT2D eigenvalue weighted by molar-refractivity contribution is 9.10. The predicted octanol–water partition coefficient (Wildman–Crippen LogP) is 4.98. The molecule has 0 aliphatic heterocycles. The monoisotopic (exact) mass is 341 g/mol. The summed E-state index contributed by atoms with van der Waals surface area (Å²) in [7, 11) is 0. The van der Waals surface area contributed by atoms with Gasteiger partial charge in [-0.2, -0.15) is 0 Å². The Morgan fingerprint density at radius 1 is 1.15 bits per heavy atom. The highest BCUT2D eigenvalue weighted by atomic mass is 79.9. The van der Waals surface area contributed by atoms with Gasteiger partial charge in [-0.1, -0.05) is 34.1 Å². The second kappa shape index (κ2) is 6.17. The molecule has 0 fully saturated rings.